The maximum atomic E-state index is 11.2. The summed E-state index contributed by atoms with van der Waals surface area (Å²) < 4.78 is 44.8. The van der Waals surface area contributed by atoms with E-state index in [4.69, 9.17) is 0 Å². The summed E-state index contributed by atoms with van der Waals surface area (Å²) in [6.07, 6.45) is 1.33. The summed E-state index contributed by atoms with van der Waals surface area (Å²) in [4.78, 5) is 0. The van der Waals surface area contributed by atoms with Gasteiger partial charge in [-0.3, -0.25) is 0 Å². The number of hydrogen-bond donors (Lipinski definition) is 1. The quantitative estimate of drug-likeness (QED) is 0.613. The third-order valence-electron chi connectivity index (χ3n) is 3.08. The molecule has 7 heteroatoms. The molecule has 0 aromatic rings. The Balaban J connectivity index is 1.90. The molecule has 0 radical (unpaired) electrons. The predicted molar refractivity (Wildman–Crippen MR) is 56.0 cm³/mol. The summed E-state index contributed by atoms with van der Waals surface area (Å²) in [6, 6.07) is 0.154. The lowest BCUT2D eigenvalue weighted by molar-refractivity contribution is -0.712. The highest BCUT2D eigenvalue weighted by molar-refractivity contribution is 7.91. The van der Waals surface area contributed by atoms with Crippen molar-refractivity contribution in [3.8, 4) is 0 Å². The Hall–Kier alpha value is -0.140. The van der Waals surface area contributed by atoms with E-state index in [1.165, 1.54) is 0 Å². The smallest absolute Gasteiger partial charge is 0.156 e. The van der Waals surface area contributed by atoms with Crippen LogP contribution in [0.4, 0.5) is 0 Å². The zero-order valence-corrected chi connectivity index (χ0v) is 10.1. The van der Waals surface area contributed by atoms with Crippen molar-refractivity contribution in [1.82, 2.24) is 0 Å². The van der Waals surface area contributed by atoms with Gasteiger partial charge in [-0.1, -0.05) is 0 Å². The molecule has 15 heavy (non-hydrogen) atoms. The first-order valence-corrected chi connectivity index (χ1v) is 8.76. The molecule has 2 fully saturated rings. The molecule has 2 atom stereocenters. The molecule has 0 aromatic heterocycles. The standard InChI is InChI=1S/C8H15NO4S2/c10-14(11)3-1-7(5-14)9-8-2-4-15(12,13)6-8/h7-9H,1-6H2/p+1/t7-,8-/m1/s1. The zero-order valence-electron chi connectivity index (χ0n) is 8.42. The van der Waals surface area contributed by atoms with Gasteiger partial charge in [0.15, 0.2) is 19.7 Å². The number of nitrogens with two attached hydrogens (primary N) is 1. The Morgan fingerprint density at radius 3 is 1.47 bits per heavy atom. The van der Waals surface area contributed by atoms with Gasteiger partial charge in [-0.25, -0.2) is 16.8 Å². The summed E-state index contributed by atoms with van der Waals surface area (Å²) in [5.41, 5.74) is 0. The number of sulfone groups is 2. The Kier molecular flexibility index (Phi) is 2.81. The van der Waals surface area contributed by atoms with E-state index in [1.54, 1.807) is 0 Å². The number of hydrogen-bond acceptors (Lipinski definition) is 4. The van der Waals surface area contributed by atoms with Crippen LogP contribution in [0.3, 0.4) is 0 Å². The Bertz CT molecular complexity index is 397. The average Bonchev–Trinajstić information content (AvgIpc) is 2.56. The van der Waals surface area contributed by atoms with Crippen LogP contribution < -0.4 is 5.32 Å². The molecule has 0 aliphatic carbocycles. The van der Waals surface area contributed by atoms with E-state index in [1.807, 2.05) is 5.32 Å². The highest BCUT2D eigenvalue weighted by Gasteiger charge is 2.36. The summed E-state index contributed by atoms with van der Waals surface area (Å²) in [7, 11) is -5.69. The van der Waals surface area contributed by atoms with E-state index in [9.17, 15) is 16.8 Å². The molecule has 2 aliphatic heterocycles. The van der Waals surface area contributed by atoms with E-state index >= 15 is 0 Å². The minimum atomic E-state index is -2.85. The van der Waals surface area contributed by atoms with Gasteiger partial charge in [-0.15, -0.1) is 0 Å². The van der Waals surface area contributed by atoms with Crippen LogP contribution in [0.2, 0.25) is 0 Å². The normalized spacial score (nSPS) is 38.1. The molecule has 2 saturated heterocycles. The van der Waals surface area contributed by atoms with Crippen LogP contribution in [0.1, 0.15) is 12.8 Å². The number of quaternary nitrogens is 1. The molecule has 5 nitrogen and oxygen atoms in total. The van der Waals surface area contributed by atoms with E-state index < -0.39 is 19.7 Å². The van der Waals surface area contributed by atoms with Gasteiger partial charge in [0.1, 0.15) is 23.6 Å². The second-order valence-electron chi connectivity index (χ2n) is 4.52. The topological polar surface area (TPSA) is 84.9 Å². The monoisotopic (exact) mass is 254 g/mol. The van der Waals surface area contributed by atoms with Crippen molar-refractivity contribution in [3.63, 3.8) is 0 Å². The maximum absolute atomic E-state index is 11.2. The van der Waals surface area contributed by atoms with Crippen LogP contribution in [0.25, 0.3) is 0 Å². The molecule has 2 rings (SSSR count). The second kappa shape index (κ2) is 3.71. The van der Waals surface area contributed by atoms with Crippen molar-refractivity contribution in [1.29, 1.82) is 0 Å². The Morgan fingerprint density at radius 1 is 0.800 bits per heavy atom. The predicted octanol–water partition coefficient (Wildman–Crippen LogP) is -2.08. The highest BCUT2D eigenvalue weighted by atomic mass is 32.2. The first-order chi connectivity index (χ1) is 6.86. The zero-order chi connectivity index (χ0) is 11.1. The van der Waals surface area contributed by atoms with Gasteiger partial charge in [0, 0.05) is 12.8 Å². The van der Waals surface area contributed by atoms with E-state index in [2.05, 4.69) is 0 Å². The first kappa shape index (κ1) is 11.3. The van der Waals surface area contributed by atoms with Gasteiger partial charge >= 0.3 is 0 Å². The van der Waals surface area contributed by atoms with Crippen LogP contribution in [0.15, 0.2) is 0 Å². The molecule has 0 saturated carbocycles. The lowest BCUT2D eigenvalue weighted by Gasteiger charge is -2.12. The van der Waals surface area contributed by atoms with Crippen molar-refractivity contribution in [2.75, 3.05) is 23.0 Å². The highest BCUT2D eigenvalue weighted by Crippen LogP contribution is 2.11. The third-order valence-corrected chi connectivity index (χ3v) is 6.67. The van der Waals surface area contributed by atoms with Crippen molar-refractivity contribution in [2.24, 2.45) is 0 Å². The van der Waals surface area contributed by atoms with Crippen molar-refractivity contribution < 1.29 is 22.2 Å². The summed E-state index contributed by atoms with van der Waals surface area (Å²) in [6.45, 7) is 0. The fraction of sp³-hybridized carbons (Fsp3) is 1.00. The Morgan fingerprint density at radius 2 is 1.20 bits per heavy atom. The fourth-order valence-corrected chi connectivity index (χ4v) is 5.85. The summed E-state index contributed by atoms with van der Waals surface area (Å²) >= 11 is 0. The molecule has 2 aliphatic rings. The van der Waals surface area contributed by atoms with Crippen molar-refractivity contribution in [3.05, 3.63) is 0 Å². The maximum Gasteiger partial charge on any atom is 0.156 e. The van der Waals surface area contributed by atoms with Crippen LogP contribution in [-0.4, -0.2) is 51.9 Å². The minimum Gasteiger partial charge on any atom is -0.340 e. The molecule has 0 amide bonds. The van der Waals surface area contributed by atoms with Crippen LogP contribution in [0.5, 0.6) is 0 Å². The lowest BCUT2D eigenvalue weighted by atomic mass is 10.2. The van der Waals surface area contributed by atoms with Gasteiger partial charge in [0.2, 0.25) is 0 Å². The lowest BCUT2D eigenvalue weighted by Crippen LogP contribution is -2.95. The largest absolute Gasteiger partial charge is 0.340 e. The second-order valence-corrected chi connectivity index (χ2v) is 8.98. The summed E-state index contributed by atoms with van der Waals surface area (Å²) in [5.74, 6) is 0.939. The first-order valence-electron chi connectivity index (χ1n) is 5.12. The number of rotatable bonds is 2. The van der Waals surface area contributed by atoms with Crippen LogP contribution in [-0.2, 0) is 19.7 Å². The molecule has 2 heterocycles. The molecule has 0 unspecified atom stereocenters. The van der Waals surface area contributed by atoms with Crippen LogP contribution in [0, 0.1) is 0 Å². The molecule has 2 N–H and O–H groups in total. The summed E-state index contributed by atoms with van der Waals surface area (Å²) in [5, 5.41) is 1.95. The Labute approximate surface area is 90.1 Å². The van der Waals surface area contributed by atoms with Gasteiger partial charge < -0.3 is 5.32 Å². The molecule has 88 valence electrons. The molecular weight excluding hydrogens is 238 g/mol. The minimum absolute atomic E-state index is 0.0771. The van der Waals surface area contributed by atoms with Crippen molar-refractivity contribution in [2.45, 2.75) is 24.9 Å². The van der Waals surface area contributed by atoms with Gasteiger partial charge in [-0.05, 0) is 0 Å². The van der Waals surface area contributed by atoms with E-state index in [-0.39, 0.29) is 35.1 Å². The van der Waals surface area contributed by atoms with E-state index in [0.717, 1.165) is 0 Å². The van der Waals surface area contributed by atoms with Gasteiger partial charge in [0.25, 0.3) is 0 Å². The average molecular weight is 254 g/mol. The third kappa shape index (κ3) is 2.92. The van der Waals surface area contributed by atoms with Gasteiger partial charge in [-0.2, -0.15) is 0 Å². The SMILES string of the molecule is O=S1(=O)CC[C@@H]([NH2+][C@@H]2CCS(=O)(=O)C2)C1. The van der Waals surface area contributed by atoms with Gasteiger partial charge in [0.05, 0.1) is 11.5 Å². The van der Waals surface area contributed by atoms with E-state index in [0.29, 0.717) is 12.8 Å². The molecule has 0 aromatic carbocycles. The fourth-order valence-electron chi connectivity index (χ4n) is 2.34. The molecule has 0 spiro atoms. The molecule has 0 bridgehead atoms. The van der Waals surface area contributed by atoms with Crippen molar-refractivity contribution >= 4 is 19.7 Å². The molecular formula is C8H16NO4S2+. The van der Waals surface area contributed by atoms with Crippen LogP contribution >= 0.6 is 0 Å².